The highest BCUT2D eigenvalue weighted by Crippen LogP contribution is 2.42. The first-order valence-corrected chi connectivity index (χ1v) is 14.8. The summed E-state index contributed by atoms with van der Waals surface area (Å²) in [4.78, 5) is 44.7. The molecule has 3 heterocycles. The van der Waals surface area contributed by atoms with E-state index in [0.29, 0.717) is 57.1 Å². The van der Waals surface area contributed by atoms with Crippen molar-refractivity contribution in [3.8, 4) is 11.5 Å². The number of amides is 2. The zero-order chi connectivity index (χ0) is 28.9. The van der Waals surface area contributed by atoms with Crippen LogP contribution in [0.5, 0.6) is 11.5 Å². The molecule has 1 N–H and O–H groups in total. The first-order chi connectivity index (χ1) is 19.1. The molecular weight excluding hydrogens is 512 g/mol. The lowest BCUT2D eigenvalue weighted by atomic mass is 9.84. The number of ether oxygens (including phenoxy) is 2. The molecule has 40 heavy (non-hydrogen) atoms. The minimum absolute atomic E-state index is 0.0487. The van der Waals surface area contributed by atoms with Crippen molar-refractivity contribution in [1.29, 1.82) is 0 Å². The SMILES string of the molecule is CCCCN(CCC[N+](C)(C)C)C(=O)CN1C[C@H](c2ccc3c(c2)OCO3)[C@@H](C(=O)O)[C@@H]1CCN1CCCC1=O. The zero-order valence-electron chi connectivity index (χ0n) is 24.6. The highest BCUT2D eigenvalue weighted by atomic mass is 16.7. The number of rotatable bonds is 14. The first kappa shape index (κ1) is 30.1. The Bertz CT molecular complexity index is 1060. The molecule has 0 aliphatic carbocycles. The van der Waals surface area contributed by atoms with Gasteiger partial charge in [0.05, 0.1) is 40.2 Å². The molecule has 0 saturated carbocycles. The summed E-state index contributed by atoms with van der Waals surface area (Å²) in [7, 11) is 6.46. The maximum absolute atomic E-state index is 13.7. The van der Waals surface area contributed by atoms with Crippen molar-refractivity contribution in [1.82, 2.24) is 14.7 Å². The van der Waals surface area contributed by atoms with Crippen molar-refractivity contribution >= 4 is 17.8 Å². The van der Waals surface area contributed by atoms with Crippen LogP contribution in [-0.2, 0) is 14.4 Å². The Labute approximate surface area is 238 Å². The van der Waals surface area contributed by atoms with Gasteiger partial charge in [0.1, 0.15) is 0 Å². The van der Waals surface area contributed by atoms with E-state index in [4.69, 9.17) is 9.47 Å². The summed E-state index contributed by atoms with van der Waals surface area (Å²) in [6.45, 7) is 6.52. The van der Waals surface area contributed by atoms with Gasteiger partial charge in [-0.25, -0.2) is 0 Å². The molecule has 222 valence electrons. The average molecular weight is 560 g/mol. The summed E-state index contributed by atoms with van der Waals surface area (Å²) in [5.41, 5.74) is 0.875. The summed E-state index contributed by atoms with van der Waals surface area (Å²) in [6, 6.07) is 5.28. The second kappa shape index (κ2) is 13.2. The van der Waals surface area contributed by atoms with E-state index in [9.17, 15) is 19.5 Å². The quantitative estimate of drug-likeness (QED) is 0.350. The Morgan fingerprint density at radius 3 is 2.55 bits per heavy atom. The van der Waals surface area contributed by atoms with Gasteiger partial charge in [-0.2, -0.15) is 0 Å². The molecule has 0 radical (unpaired) electrons. The number of hydrogen-bond donors (Lipinski definition) is 1. The zero-order valence-corrected chi connectivity index (χ0v) is 24.6. The van der Waals surface area contributed by atoms with Gasteiger partial charge in [-0.1, -0.05) is 19.4 Å². The van der Waals surface area contributed by atoms with Gasteiger partial charge >= 0.3 is 5.97 Å². The van der Waals surface area contributed by atoms with Gasteiger partial charge in [-0.3, -0.25) is 19.3 Å². The second-order valence-corrected chi connectivity index (χ2v) is 12.5. The van der Waals surface area contributed by atoms with Crippen LogP contribution in [0.25, 0.3) is 0 Å². The Morgan fingerprint density at radius 1 is 1.12 bits per heavy atom. The third-order valence-electron chi connectivity index (χ3n) is 8.45. The molecule has 10 nitrogen and oxygen atoms in total. The van der Waals surface area contributed by atoms with E-state index >= 15 is 0 Å². The molecule has 0 spiro atoms. The van der Waals surface area contributed by atoms with Gasteiger partial charge in [-0.05, 0) is 37.0 Å². The van der Waals surface area contributed by atoms with Crippen molar-refractivity contribution in [3.63, 3.8) is 0 Å². The Balaban J connectivity index is 1.55. The minimum Gasteiger partial charge on any atom is -0.481 e. The molecule has 2 fully saturated rings. The van der Waals surface area contributed by atoms with Gasteiger partial charge in [0.25, 0.3) is 0 Å². The fourth-order valence-electron chi connectivity index (χ4n) is 6.28. The normalized spacial score (nSPS) is 22.8. The molecular formula is C30H47N4O6+. The van der Waals surface area contributed by atoms with Crippen LogP contribution in [0.1, 0.15) is 56.9 Å². The number of likely N-dealkylation sites (tertiary alicyclic amines) is 2. The summed E-state index contributed by atoms with van der Waals surface area (Å²) < 4.78 is 11.9. The Morgan fingerprint density at radius 2 is 1.88 bits per heavy atom. The van der Waals surface area contributed by atoms with E-state index in [1.165, 1.54) is 0 Å². The van der Waals surface area contributed by atoms with Crippen molar-refractivity contribution in [2.75, 3.05) is 73.7 Å². The van der Waals surface area contributed by atoms with Gasteiger partial charge in [0, 0.05) is 57.5 Å². The molecule has 2 amide bonds. The van der Waals surface area contributed by atoms with E-state index < -0.39 is 11.9 Å². The fraction of sp³-hybridized carbons (Fsp3) is 0.700. The molecule has 1 aromatic rings. The fourth-order valence-corrected chi connectivity index (χ4v) is 6.28. The number of carboxylic acid groups (broad SMARTS) is 1. The van der Waals surface area contributed by atoms with Crippen LogP contribution in [0.3, 0.4) is 0 Å². The van der Waals surface area contributed by atoms with E-state index in [-0.39, 0.29) is 37.1 Å². The van der Waals surface area contributed by atoms with Crippen LogP contribution in [0.4, 0.5) is 0 Å². The van der Waals surface area contributed by atoms with Crippen LogP contribution >= 0.6 is 0 Å². The number of carboxylic acids is 1. The Hall–Kier alpha value is -2.85. The molecule has 3 aliphatic rings. The molecule has 3 aliphatic heterocycles. The number of aliphatic carboxylic acids is 1. The molecule has 1 aromatic carbocycles. The topological polar surface area (TPSA) is 99.6 Å². The van der Waals surface area contributed by atoms with Crippen LogP contribution in [-0.4, -0.2) is 122 Å². The highest BCUT2D eigenvalue weighted by molar-refractivity contribution is 5.79. The smallest absolute Gasteiger partial charge is 0.308 e. The number of fused-ring (bicyclic) bond motifs is 1. The summed E-state index contributed by atoms with van der Waals surface area (Å²) in [5.74, 6) is -0.422. The molecule has 10 heteroatoms. The van der Waals surface area contributed by atoms with Crippen LogP contribution < -0.4 is 9.47 Å². The predicted octanol–water partition coefficient (Wildman–Crippen LogP) is 2.62. The van der Waals surface area contributed by atoms with Crippen LogP contribution in [0.2, 0.25) is 0 Å². The van der Waals surface area contributed by atoms with Crippen molar-refractivity contribution < 1.29 is 33.4 Å². The van der Waals surface area contributed by atoms with Crippen LogP contribution in [0.15, 0.2) is 18.2 Å². The number of carbonyl (C=O) groups is 3. The Kier molecular flexibility index (Phi) is 9.94. The standard InChI is InChI=1S/C30H46N4O6/c1-5-6-13-31(15-8-17-34(2,3)4)28(36)20-33-19-23(22-10-11-25-26(18-22)40-21-39-25)29(30(37)38)24(33)12-16-32-14-7-9-27(32)35/h10-11,18,23-24,29H,5-9,12-17,19-21H2,1-4H3/p+1/t23-,24+,29-/m1/s1. The van der Waals surface area contributed by atoms with Crippen molar-refractivity contribution in [3.05, 3.63) is 23.8 Å². The van der Waals surface area contributed by atoms with Crippen molar-refractivity contribution in [2.24, 2.45) is 5.92 Å². The second-order valence-electron chi connectivity index (χ2n) is 12.5. The summed E-state index contributed by atoms with van der Waals surface area (Å²) in [5, 5.41) is 10.5. The van der Waals surface area contributed by atoms with Gasteiger partial charge in [0.2, 0.25) is 18.6 Å². The number of quaternary nitrogens is 1. The summed E-state index contributed by atoms with van der Waals surface area (Å²) in [6.07, 6.45) is 4.77. The number of nitrogens with zero attached hydrogens (tertiary/aromatic N) is 4. The van der Waals surface area contributed by atoms with Crippen molar-refractivity contribution in [2.45, 2.75) is 57.4 Å². The number of hydrogen-bond acceptors (Lipinski definition) is 6. The maximum atomic E-state index is 13.7. The number of carbonyl (C=O) groups excluding carboxylic acids is 2. The predicted molar refractivity (Wildman–Crippen MR) is 151 cm³/mol. The largest absolute Gasteiger partial charge is 0.481 e. The van der Waals surface area contributed by atoms with E-state index in [2.05, 4.69) is 33.0 Å². The van der Waals surface area contributed by atoms with E-state index in [0.717, 1.165) is 42.3 Å². The third kappa shape index (κ3) is 7.46. The van der Waals surface area contributed by atoms with Crippen LogP contribution in [0, 0.1) is 5.92 Å². The highest BCUT2D eigenvalue weighted by Gasteiger charge is 2.47. The first-order valence-electron chi connectivity index (χ1n) is 14.8. The lowest BCUT2D eigenvalue weighted by Crippen LogP contribution is -2.46. The third-order valence-corrected chi connectivity index (χ3v) is 8.45. The van der Waals surface area contributed by atoms with E-state index in [1.54, 1.807) is 0 Å². The lowest BCUT2D eigenvalue weighted by molar-refractivity contribution is -0.870. The summed E-state index contributed by atoms with van der Waals surface area (Å²) >= 11 is 0. The average Bonchev–Trinajstić information content (AvgIpc) is 3.62. The van der Waals surface area contributed by atoms with Gasteiger partial charge in [-0.15, -0.1) is 0 Å². The van der Waals surface area contributed by atoms with Gasteiger partial charge < -0.3 is 28.9 Å². The molecule has 3 atom stereocenters. The lowest BCUT2D eigenvalue weighted by Gasteiger charge is -2.31. The number of unbranched alkanes of at least 4 members (excludes halogenated alkanes) is 1. The molecule has 2 saturated heterocycles. The molecule has 0 aromatic heterocycles. The maximum Gasteiger partial charge on any atom is 0.308 e. The number of benzene rings is 1. The monoisotopic (exact) mass is 559 g/mol. The minimum atomic E-state index is -0.874. The van der Waals surface area contributed by atoms with Gasteiger partial charge in [0.15, 0.2) is 11.5 Å². The molecule has 0 unspecified atom stereocenters. The molecule has 4 rings (SSSR count). The van der Waals surface area contributed by atoms with E-state index in [1.807, 2.05) is 28.0 Å². The molecule has 0 bridgehead atoms.